The van der Waals surface area contributed by atoms with Crippen LogP contribution in [-0.4, -0.2) is 11.7 Å². The highest BCUT2D eigenvalue weighted by molar-refractivity contribution is 5.29. The Hall–Kier alpha value is -1.53. The first-order chi connectivity index (χ1) is 7.29. The van der Waals surface area contributed by atoms with Crippen molar-refractivity contribution < 1.29 is 5.11 Å². The van der Waals surface area contributed by atoms with Crippen molar-refractivity contribution in [1.29, 1.82) is 5.26 Å². The number of nitriles is 1. The lowest BCUT2D eigenvalue weighted by molar-refractivity contribution is 0.355. The summed E-state index contributed by atoms with van der Waals surface area (Å²) in [6.45, 7) is 0.874. The molecule has 1 saturated heterocycles. The van der Waals surface area contributed by atoms with Crippen molar-refractivity contribution in [2.24, 2.45) is 5.92 Å². The molecule has 3 nitrogen and oxygen atoms in total. The van der Waals surface area contributed by atoms with Gasteiger partial charge in [-0.15, -0.1) is 0 Å². The highest BCUT2D eigenvalue weighted by Gasteiger charge is 2.22. The fraction of sp³-hybridized carbons (Fsp3) is 0.417. The van der Waals surface area contributed by atoms with Gasteiger partial charge < -0.3 is 10.4 Å². The smallest absolute Gasteiger partial charge is 0.115 e. The van der Waals surface area contributed by atoms with E-state index in [1.807, 2.05) is 12.1 Å². The molecule has 2 rings (SSSR count). The second kappa shape index (κ2) is 4.33. The molecule has 1 heterocycles. The summed E-state index contributed by atoms with van der Waals surface area (Å²) in [5.74, 6) is 0.423. The van der Waals surface area contributed by atoms with Gasteiger partial charge in [0.15, 0.2) is 0 Å². The maximum Gasteiger partial charge on any atom is 0.115 e. The molecular weight excluding hydrogens is 188 g/mol. The van der Waals surface area contributed by atoms with E-state index >= 15 is 0 Å². The first-order valence-corrected chi connectivity index (χ1v) is 5.21. The van der Waals surface area contributed by atoms with E-state index in [9.17, 15) is 5.11 Å². The molecule has 78 valence electrons. The van der Waals surface area contributed by atoms with E-state index in [4.69, 9.17) is 5.26 Å². The molecule has 0 amide bonds. The summed E-state index contributed by atoms with van der Waals surface area (Å²) in [6, 6.07) is 9.76. The van der Waals surface area contributed by atoms with Gasteiger partial charge in [-0.2, -0.15) is 5.26 Å². The Balaban J connectivity index is 2.14. The third-order valence-electron chi connectivity index (χ3n) is 2.86. The minimum absolute atomic E-state index is 0.138. The normalized spacial score (nSPS) is 25.8. The van der Waals surface area contributed by atoms with Crippen molar-refractivity contribution in [3.8, 4) is 11.8 Å². The standard InChI is InChI=1S/C12H14N2O/c13-8-9-4-5-14-12(6-9)10-2-1-3-11(15)7-10/h1-3,7,9,12,14-15H,4-6H2. The molecular formula is C12H14N2O. The number of benzene rings is 1. The maximum atomic E-state index is 9.37. The molecule has 0 saturated carbocycles. The number of nitrogens with zero attached hydrogens (tertiary/aromatic N) is 1. The van der Waals surface area contributed by atoms with Gasteiger partial charge in [-0.1, -0.05) is 12.1 Å². The molecule has 2 unspecified atom stereocenters. The van der Waals surface area contributed by atoms with Gasteiger partial charge >= 0.3 is 0 Å². The van der Waals surface area contributed by atoms with Crippen LogP contribution in [0.5, 0.6) is 5.75 Å². The van der Waals surface area contributed by atoms with Crippen LogP contribution in [-0.2, 0) is 0 Å². The Bertz CT molecular complexity index is 383. The van der Waals surface area contributed by atoms with E-state index in [0.29, 0.717) is 0 Å². The first kappa shape index (κ1) is 10.0. The number of hydrogen-bond donors (Lipinski definition) is 2. The van der Waals surface area contributed by atoms with Crippen LogP contribution in [0.25, 0.3) is 0 Å². The van der Waals surface area contributed by atoms with Gasteiger partial charge in [0, 0.05) is 12.0 Å². The lowest BCUT2D eigenvalue weighted by Gasteiger charge is -2.27. The molecule has 1 aliphatic rings. The summed E-state index contributed by atoms with van der Waals surface area (Å²) in [6.07, 6.45) is 1.76. The zero-order valence-corrected chi connectivity index (χ0v) is 8.48. The summed E-state index contributed by atoms with van der Waals surface area (Å²) in [4.78, 5) is 0. The van der Waals surface area contributed by atoms with Gasteiger partial charge in [-0.05, 0) is 37.1 Å². The Labute approximate surface area is 89.4 Å². The Morgan fingerprint density at radius 3 is 3.07 bits per heavy atom. The van der Waals surface area contributed by atoms with Gasteiger partial charge in [0.25, 0.3) is 0 Å². The number of hydrogen-bond acceptors (Lipinski definition) is 3. The van der Waals surface area contributed by atoms with Crippen LogP contribution in [0.3, 0.4) is 0 Å². The maximum absolute atomic E-state index is 9.37. The Morgan fingerprint density at radius 1 is 1.47 bits per heavy atom. The van der Waals surface area contributed by atoms with Crippen LogP contribution in [0, 0.1) is 17.2 Å². The van der Waals surface area contributed by atoms with E-state index < -0.39 is 0 Å². The van der Waals surface area contributed by atoms with Gasteiger partial charge in [-0.25, -0.2) is 0 Å². The van der Waals surface area contributed by atoms with Crippen molar-refractivity contribution >= 4 is 0 Å². The second-order valence-corrected chi connectivity index (χ2v) is 3.95. The van der Waals surface area contributed by atoms with Crippen LogP contribution in [0.15, 0.2) is 24.3 Å². The monoisotopic (exact) mass is 202 g/mol. The van der Waals surface area contributed by atoms with Crippen molar-refractivity contribution in [2.75, 3.05) is 6.54 Å². The quantitative estimate of drug-likeness (QED) is 0.731. The molecule has 2 atom stereocenters. The van der Waals surface area contributed by atoms with Gasteiger partial charge in [0.05, 0.1) is 6.07 Å². The molecule has 3 heteroatoms. The van der Waals surface area contributed by atoms with Crippen LogP contribution >= 0.6 is 0 Å². The zero-order chi connectivity index (χ0) is 10.7. The highest BCUT2D eigenvalue weighted by Crippen LogP contribution is 2.28. The zero-order valence-electron chi connectivity index (χ0n) is 8.48. The third kappa shape index (κ3) is 2.28. The van der Waals surface area contributed by atoms with E-state index in [1.54, 1.807) is 12.1 Å². The van der Waals surface area contributed by atoms with Gasteiger partial charge in [0.1, 0.15) is 5.75 Å². The predicted molar refractivity (Wildman–Crippen MR) is 57.2 cm³/mol. The topological polar surface area (TPSA) is 56.0 Å². The van der Waals surface area contributed by atoms with E-state index in [-0.39, 0.29) is 17.7 Å². The Morgan fingerprint density at radius 2 is 2.33 bits per heavy atom. The van der Waals surface area contributed by atoms with Crippen LogP contribution in [0.2, 0.25) is 0 Å². The molecule has 1 fully saturated rings. The van der Waals surface area contributed by atoms with Crippen molar-refractivity contribution in [1.82, 2.24) is 5.32 Å². The molecule has 0 radical (unpaired) electrons. The van der Waals surface area contributed by atoms with Crippen LogP contribution in [0.4, 0.5) is 0 Å². The molecule has 0 aliphatic carbocycles. The molecule has 2 N–H and O–H groups in total. The molecule has 0 bridgehead atoms. The van der Waals surface area contributed by atoms with Crippen molar-refractivity contribution in [2.45, 2.75) is 18.9 Å². The number of aromatic hydroxyl groups is 1. The molecule has 0 aromatic heterocycles. The average molecular weight is 202 g/mol. The van der Waals surface area contributed by atoms with Gasteiger partial charge in [-0.3, -0.25) is 0 Å². The lowest BCUT2D eigenvalue weighted by atomic mass is 9.90. The highest BCUT2D eigenvalue weighted by atomic mass is 16.3. The fourth-order valence-corrected chi connectivity index (χ4v) is 2.03. The number of nitrogens with one attached hydrogen (secondary N) is 1. The van der Waals surface area contributed by atoms with E-state index in [1.165, 1.54) is 0 Å². The van der Waals surface area contributed by atoms with Crippen LogP contribution < -0.4 is 5.32 Å². The minimum Gasteiger partial charge on any atom is -0.508 e. The second-order valence-electron chi connectivity index (χ2n) is 3.95. The van der Waals surface area contributed by atoms with Crippen LogP contribution in [0.1, 0.15) is 24.4 Å². The third-order valence-corrected chi connectivity index (χ3v) is 2.86. The van der Waals surface area contributed by atoms with Crippen molar-refractivity contribution in [3.05, 3.63) is 29.8 Å². The summed E-state index contributed by atoms with van der Waals surface area (Å²) >= 11 is 0. The van der Waals surface area contributed by atoms with Gasteiger partial charge in [0.2, 0.25) is 0 Å². The molecule has 0 spiro atoms. The number of piperidine rings is 1. The summed E-state index contributed by atoms with van der Waals surface area (Å²) in [7, 11) is 0. The summed E-state index contributed by atoms with van der Waals surface area (Å²) in [5, 5.41) is 21.6. The molecule has 1 aromatic carbocycles. The SMILES string of the molecule is N#CC1CCNC(c2cccc(O)c2)C1. The van der Waals surface area contributed by atoms with E-state index in [0.717, 1.165) is 24.9 Å². The lowest BCUT2D eigenvalue weighted by Crippen LogP contribution is -2.31. The average Bonchev–Trinajstić information content (AvgIpc) is 2.29. The Kier molecular flexibility index (Phi) is 2.89. The predicted octanol–water partition coefficient (Wildman–Crippen LogP) is 1.96. The number of phenols is 1. The minimum atomic E-state index is 0.138. The summed E-state index contributed by atoms with van der Waals surface area (Å²) < 4.78 is 0. The molecule has 15 heavy (non-hydrogen) atoms. The number of rotatable bonds is 1. The number of phenolic OH excluding ortho intramolecular Hbond substituents is 1. The fourth-order valence-electron chi connectivity index (χ4n) is 2.03. The molecule has 1 aliphatic heterocycles. The summed E-state index contributed by atoms with van der Waals surface area (Å²) in [5.41, 5.74) is 1.06. The van der Waals surface area contributed by atoms with E-state index in [2.05, 4.69) is 11.4 Å². The molecule has 1 aromatic rings. The first-order valence-electron chi connectivity index (χ1n) is 5.21. The van der Waals surface area contributed by atoms with Crippen molar-refractivity contribution in [3.63, 3.8) is 0 Å². The largest absolute Gasteiger partial charge is 0.508 e.